The number of nitrogens with zero attached hydrogens (tertiary/aromatic N) is 2. The maximum absolute atomic E-state index is 11.9. The van der Waals surface area contributed by atoms with Gasteiger partial charge < -0.3 is 9.84 Å². The van der Waals surface area contributed by atoms with Crippen molar-refractivity contribution >= 4 is 21.9 Å². The minimum atomic E-state index is -0.983. The van der Waals surface area contributed by atoms with Gasteiger partial charge in [-0.3, -0.25) is 9.36 Å². The van der Waals surface area contributed by atoms with Crippen molar-refractivity contribution in [2.75, 3.05) is 6.61 Å². The molecule has 6 nitrogen and oxygen atoms in total. The molecule has 0 atom stereocenters. The molecule has 0 fully saturated rings. The summed E-state index contributed by atoms with van der Waals surface area (Å²) in [6, 6.07) is 6.09. The molecule has 0 radical (unpaired) electrons. The molecular formula is C14H13BrN2O4. The zero-order chi connectivity index (χ0) is 15.4. The lowest BCUT2D eigenvalue weighted by Gasteiger charge is -2.09. The van der Waals surface area contributed by atoms with Gasteiger partial charge in [-0.05, 0) is 47.1 Å². The highest BCUT2D eigenvalue weighted by atomic mass is 79.9. The number of carbonyl (C=O) groups is 1. The first-order valence-corrected chi connectivity index (χ1v) is 6.96. The van der Waals surface area contributed by atoms with Crippen LogP contribution in [0.4, 0.5) is 0 Å². The molecule has 0 amide bonds. The third-order valence-electron chi connectivity index (χ3n) is 2.86. The van der Waals surface area contributed by atoms with Crippen molar-refractivity contribution < 1.29 is 14.6 Å². The Morgan fingerprint density at radius 2 is 2.05 bits per heavy atom. The lowest BCUT2D eigenvalue weighted by molar-refractivity contribution is 0.0697. The summed E-state index contributed by atoms with van der Waals surface area (Å²) in [6.07, 6.45) is 1.47. The lowest BCUT2D eigenvalue weighted by atomic mass is 10.2. The number of aryl methyl sites for hydroxylation is 1. The van der Waals surface area contributed by atoms with Gasteiger partial charge in [0.1, 0.15) is 16.8 Å². The first-order chi connectivity index (χ1) is 9.99. The molecular weight excluding hydrogens is 340 g/mol. The minimum absolute atomic E-state index is 0.160. The molecule has 0 aliphatic rings. The molecule has 0 aliphatic carbocycles. The average Bonchev–Trinajstić information content (AvgIpc) is 2.48. The topological polar surface area (TPSA) is 81.4 Å². The van der Waals surface area contributed by atoms with Crippen molar-refractivity contribution in [3.8, 4) is 5.75 Å². The molecule has 0 saturated heterocycles. The van der Waals surface area contributed by atoms with Crippen LogP contribution in [0.3, 0.4) is 0 Å². The number of hydrogen-bond acceptors (Lipinski definition) is 4. The highest BCUT2D eigenvalue weighted by Crippen LogP contribution is 2.12. The van der Waals surface area contributed by atoms with Crippen molar-refractivity contribution in [2.24, 2.45) is 0 Å². The summed E-state index contributed by atoms with van der Waals surface area (Å²) in [6.45, 7) is 2.38. The monoisotopic (exact) mass is 352 g/mol. The van der Waals surface area contributed by atoms with Gasteiger partial charge in [-0.15, -0.1) is 0 Å². The number of ether oxygens (including phenoxy) is 1. The third-order valence-corrected chi connectivity index (χ3v) is 3.77. The van der Waals surface area contributed by atoms with E-state index >= 15 is 0 Å². The summed E-state index contributed by atoms with van der Waals surface area (Å²) in [5.74, 6) is -0.434. The maximum atomic E-state index is 11.9. The van der Waals surface area contributed by atoms with Gasteiger partial charge in [0.05, 0.1) is 24.1 Å². The smallest absolute Gasteiger partial charge is 0.335 e. The first-order valence-electron chi connectivity index (χ1n) is 6.16. The summed E-state index contributed by atoms with van der Waals surface area (Å²) in [7, 11) is 0. The number of benzene rings is 1. The van der Waals surface area contributed by atoms with E-state index in [2.05, 4.69) is 20.9 Å². The Kier molecular flexibility index (Phi) is 4.74. The Labute approximate surface area is 129 Å². The molecule has 1 aromatic heterocycles. The van der Waals surface area contributed by atoms with Crippen LogP contribution in [-0.2, 0) is 6.54 Å². The van der Waals surface area contributed by atoms with Crippen LogP contribution in [0.15, 0.2) is 39.9 Å². The first kappa shape index (κ1) is 15.2. The van der Waals surface area contributed by atoms with Crippen LogP contribution in [0.25, 0.3) is 0 Å². The zero-order valence-electron chi connectivity index (χ0n) is 11.2. The number of hydrogen-bond donors (Lipinski definition) is 1. The van der Waals surface area contributed by atoms with Crippen LogP contribution in [0.5, 0.6) is 5.75 Å². The summed E-state index contributed by atoms with van der Waals surface area (Å²) >= 11 is 3.20. The minimum Gasteiger partial charge on any atom is -0.492 e. The van der Waals surface area contributed by atoms with E-state index in [1.807, 2.05) is 0 Å². The molecule has 1 heterocycles. The molecule has 0 unspecified atom stereocenters. The van der Waals surface area contributed by atoms with Crippen LogP contribution < -0.4 is 10.3 Å². The Bertz CT molecular complexity index is 710. The predicted octanol–water partition coefficient (Wildman–Crippen LogP) is 2.09. The second-order valence-electron chi connectivity index (χ2n) is 4.32. The molecule has 0 spiro atoms. The predicted molar refractivity (Wildman–Crippen MR) is 79.8 cm³/mol. The number of rotatable bonds is 5. The lowest BCUT2D eigenvalue weighted by Crippen LogP contribution is -2.24. The van der Waals surface area contributed by atoms with Gasteiger partial charge >= 0.3 is 5.97 Å². The van der Waals surface area contributed by atoms with Gasteiger partial charge in [0.25, 0.3) is 5.56 Å². The summed E-state index contributed by atoms with van der Waals surface area (Å²) in [5.41, 5.74) is 0.680. The standard InChI is InChI=1S/C14H13BrN2O4/c1-9-12(15)13(18)17(8-16-9)6-7-21-11-4-2-10(3-5-11)14(19)20/h2-5,8H,6-7H2,1H3,(H,19,20). The Balaban J connectivity index is 1.97. The molecule has 110 valence electrons. The molecule has 0 saturated carbocycles. The Morgan fingerprint density at radius 3 is 2.67 bits per heavy atom. The fourth-order valence-corrected chi connectivity index (χ4v) is 1.99. The normalized spacial score (nSPS) is 10.4. The van der Waals surface area contributed by atoms with Crippen LogP contribution in [0.2, 0.25) is 0 Å². The second-order valence-corrected chi connectivity index (χ2v) is 5.11. The van der Waals surface area contributed by atoms with Crippen LogP contribution in [0, 0.1) is 6.92 Å². The quantitative estimate of drug-likeness (QED) is 0.890. The van der Waals surface area contributed by atoms with Gasteiger partial charge in [0, 0.05) is 0 Å². The Hall–Kier alpha value is -2.15. The fourth-order valence-electron chi connectivity index (χ4n) is 1.66. The molecule has 21 heavy (non-hydrogen) atoms. The number of carboxylic acid groups (broad SMARTS) is 1. The molecule has 1 N–H and O–H groups in total. The third kappa shape index (κ3) is 3.69. The highest BCUT2D eigenvalue weighted by Gasteiger charge is 2.06. The van der Waals surface area contributed by atoms with Crippen molar-refractivity contribution in [3.63, 3.8) is 0 Å². The highest BCUT2D eigenvalue weighted by molar-refractivity contribution is 9.10. The largest absolute Gasteiger partial charge is 0.492 e. The van der Waals surface area contributed by atoms with Gasteiger partial charge in [-0.25, -0.2) is 9.78 Å². The molecule has 0 bridgehead atoms. The van der Waals surface area contributed by atoms with Gasteiger partial charge in [0.15, 0.2) is 0 Å². The van der Waals surface area contributed by atoms with Crippen molar-refractivity contribution in [3.05, 3.63) is 56.7 Å². The number of aromatic nitrogens is 2. The molecule has 0 aliphatic heterocycles. The van der Waals surface area contributed by atoms with E-state index in [0.29, 0.717) is 22.5 Å². The number of aromatic carboxylic acids is 1. The SMILES string of the molecule is Cc1ncn(CCOc2ccc(C(=O)O)cc2)c(=O)c1Br. The Morgan fingerprint density at radius 1 is 1.38 bits per heavy atom. The van der Waals surface area contributed by atoms with E-state index < -0.39 is 5.97 Å². The summed E-state index contributed by atoms with van der Waals surface area (Å²) < 4.78 is 7.36. The van der Waals surface area contributed by atoms with E-state index in [0.717, 1.165) is 0 Å². The fraction of sp³-hybridized carbons (Fsp3) is 0.214. The van der Waals surface area contributed by atoms with Gasteiger partial charge in [0.2, 0.25) is 0 Å². The second kappa shape index (κ2) is 6.53. The van der Waals surface area contributed by atoms with E-state index in [9.17, 15) is 9.59 Å². The van der Waals surface area contributed by atoms with E-state index in [1.54, 1.807) is 19.1 Å². The maximum Gasteiger partial charge on any atom is 0.335 e. The van der Waals surface area contributed by atoms with Crippen LogP contribution in [0.1, 0.15) is 16.1 Å². The molecule has 7 heteroatoms. The van der Waals surface area contributed by atoms with Crippen LogP contribution >= 0.6 is 15.9 Å². The van der Waals surface area contributed by atoms with E-state index in [1.165, 1.54) is 23.0 Å². The van der Waals surface area contributed by atoms with Gasteiger partial charge in [-0.2, -0.15) is 0 Å². The summed E-state index contributed by atoms with van der Waals surface area (Å²) in [4.78, 5) is 26.7. The van der Waals surface area contributed by atoms with Crippen LogP contribution in [-0.4, -0.2) is 27.2 Å². The van der Waals surface area contributed by atoms with Crippen molar-refractivity contribution in [2.45, 2.75) is 13.5 Å². The molecule has 1 aromatic carbocycles. The van der Waals surface area contributed by atoms with Crippen molar-refractivity contribution in [1.29, 1.82) is 0 Å². The van der Waals surface area contributed by atoms with E-state index in [4.69, 9.17) is 9.84 Å². The number of carboxylic acids is 1. The molecule has 2 rings (SSSR count). The molecule has 2 aromatic rings. The van der Waals surface area contributed by atoms with Crippen molar-refractivity contribution in [1.82, 2.24) is 9.55 Å². The average molecular weight is 353 g/mol. The van der Waals surface area contributed by atoms with E-state index in [-0.39, 0.29) is 17.7 Å². The summed E-state index contributed by atoms with van der Waals surface area (Å²) in [5, 5.41) is 8.79. The number of halogens is 1. The zero-order valence-corrected chi connectivity index (χ0v) is 12.8. The van der Waals surface area contributed by atoms with Gasteiger partial charge in [-0.1, -0.05) is 0 Å².